The summed E-state index contributed by atoms with van der Waals surface area (Å²) in [7, 11) is 0. The number of nitrogens with zero attached hydrogens (tertiary/aromatic N) is 2. The molecule has 1 atom stereocenters. The van der Waals surface area contributed by atoms with Gasteiger partial charge in [-0.3, -0.25) is 4.79 Å². The van der Waals surface area contributed by atoms with E-state index in [0.29, 0.717) is 13.2 Å². The van der Waals surface area contributed by atoms with Gasteiger partial charge in [0.1, 0.15) is 6.04 Å². The van der Waals surface area contributed by atoms with Crippen LogP contribution in [0, 0.1) is 0 Å². The minimum atomic E-state index is -0.266. The number of carbonyl (C=O) groups excluding carboxylic acids is 1. The number of aromatic nitrogens is 2. The second-order valence-corrected chi connectivity index (χ2v) is 4.56. The lowest BCUT2D eigenvalue weighted by Crippen LogP contribution is -2.50. The first-order valence-corrected chi connectivity index (χ1v) is 6.05. The zero-order valence-electron chi connectivity index (χ0n) is 10.2. The quantitative estimate of drug-likeness (QED) is 0.881. The van der Waals surface area contributed by atoms with Gasteiger partial charge >= 0.3 is 0 Å². The summed E-state index contributed by atoms with van der Waals surface area (Å²) in [6, 6.07) is 7.70. The summed E-state index contributed by atoms with van der Waals surface area (Å²) in [6.45, 7) is 3.11. The van der Waals surface area contributed by atoms with E-state index < -0.39 is 0 Å². The zero-order chi connectivity index (χ0) is 12.5. The largest absolute Gasteiger partial charge is 0.377 e. The Bertz CT molecular complexity index is 574. The van der Waals surface area contributed by atoms with Crippen molar-refractivity contribution in [3.8, 4) is 0 Å². The number of hydrogen-bond acceptors (Lipinski definition) is 3. The van der Waals surface area contributed by atoms with Gasteiger partial charge in [-0.25, -0.2) is 4.98 Å². The van der Waals surface area contributed by atoms with Crippen molar-refractivity contribution < 1.29 is 9.53 Å². The van der Waals surface area contributed by atoms with Gasteiger partial charge in [0.25, 0.3) is 0 Å². The molecule has 0 bridgehead atoms. The predicted octanol–water partition coefficient (Wildman–Crippen LogP) is 1.11. The van der Waals surface area contributed by atoms with Crippen LogP contribution in [0.4, 0.5) is 0 Å². The number of ether oxygens (including phenoxy) is 1. The number of fused-ring (bicyclic) bond motifs is 1. The average Bonchev–Trinajstić information content (AvgIpc) is 2.76. The number of nitrogens with one attached hydrogen (secondary N) is 1. The van der Waals surface area contributed by atoms with E-state index in [9.17, 15) is 4.79 Å². The van der Waals surface area contributed by atoms with Gasteiger partial charge in [0, 0.05) is 0 Å². The molecule has 1 aromatic carbocycles. The Morgan fingerprint density at radius 3 is 3.00 bits per heavy atom. The molecule has 1 unspecified atom stereocenters. The molecule has 2 heterocycles. The number of benzene rings is 1. The van der Waals surface area contributed by atoms with Crippen LogP contribution in [0.15, 0.2) is 30.6 Å². The van der Waals surface area contributed by atoms with E-state index in [1.165, 1.54) is 0 Å². The first-order chi connectivity index (χ1) is 8.75. The number of para-hydroxylation sites is 2. The van der Waals surface area contributed by atoms with Crippen molar-refractivity contribution in [3.63, 3.8) is 0 Å². The molecule has 1 aliphatic rings. The van der Waals surface area contributed by atoms with Gasteiger partial charge < -0.3 is 14.6 Å². The highest BCUT2D eigenvalue weighted by molar-refractivity contribution is 5.83. The van der Waals surface area contributed by atoms with Crippen LogP contribution < -0.4 is 5.32 Å². The molecule has 0 radical (unpaired) electrons. The first kappa shape index (κ1) is 11.2. The van der Waals surface area contributed by atoms with Crippen LogP contribution in [0.5, 0.6) is 0 Å². The van der Waals surface area contributed by atoms with Gasteiger partial charge in [-0.2, -0.15) is 0 Å². The third-order valence-corrected chi connectivity index (χ3v) is 3.26. The molecular formula is C13H15N3O2. The summed E-state index contributed by atoms with van der Waals surface area (Å²) in [4.78, 5) is 16.4. The Morgan fingerprint density at radius 1 is 1.50 bits per heavy atom. The van der Waals surface area contributed by atoms with Crippen LogP contribution >= 0.6 is 0 Å². The van der Waals surface area contributed by atoms with E-state index >= 15 is 0 Å². The SMILES string of the molecule is CC(C(=O)NC1COC1)n1cnc2ccccc21. The Morgan fingerprint density at radius 2 is 2.28 bits per heavy atom. The second kappa shape index (κ2) is 4.42. The summed E-state index contributed by atoms with van der Waals surface area (Å²) in [5.74, 6) is 0.00598. The standard InChI is InChI=1S/C13H15N3O2/c1-9(13(17)15-10-6-18-7-10)16-8-14-11-4-2-3-5-12(11)16/h2-5,8-10H,6-7H2,1H3,(H,15,17). The molecule has 1 N–H and O–H groups in total. The molecule has 1 saturated heterocycles. The lowest BCUT2D eigenvalue weighted by atomic mass is 10.2. The summed E-state index contributed by atoms with van der Waals surface area (Å²) in [5, 5.41) is 2.96. The fourth-order valence-corrected chi connectivity index (χ4v) is 2.05. The Kier molecular flexibility index (Phi) is 2.76. The maximum Gasteiger partial charge on any atom is 0.243 e. The lowest BCUT2D eigenvalue weighted by Gasteiger charge is -2.28. The van der Waals surface area contributed by atoms with Crippen LogP contribution in [0.2, 0.25) is 0 Å². The van der Waals surface area contributed by atoms with Gasteiger partial charge in [-0.15, -0.1) is 0 Å². The van der Waals surface area contributed by atoms with Crippen LogP contribution in [0.25, 0.3) is 11.0 Å². The molecule has 1 fully saturated rings. The first-order valence-electron chi connectivity index (χ1n) is 6.05. The molecule has 1 amide bonds. The molecule has 0 aliphatic carbocycles. The third kappa shape index (κ3) is 1.86. The van der Waals surface area contributed by atoms with E-state index in [4.69, 9.17) is 4.74 Å². The van der Waals surface area contributed by atoms with Gasteiger partial charge in [0.2, 0.25) is 5.91 Å². The van der Waals surface area contributed by atoms with Crippen molar-refractivity contribution in [2.75, 3.05) is 13.2 Å². The smallest absolute Gasteiger partial charge is 0.243 e. The van der Waals surface area contributed by atoms with E-state index in [-0.39, 0.29) is 18.0 Å². The van der Waals surface area contributed by atoms with E-state index in [1.54, 1.807) is 6.33 Å². The molecule has 5 heteroatoms. The normalized spacial score (nSPS) is 17.4. The van der Waals surface area contributed by atoms with Gasteiger partial charge in [0.15, 0.2) is 0 Å². The van der Waals surface area contributed by atoms with Crippen LogP contribution in [0.1, 0.15) is 13.0 Å². The number of imidazole rings is 1. The van der Waals surface area contributed by atoms with Crippen molar-refractivity contribution >= 4 is 16.9 Å². The van der Waals surface area contributed by atoms with Gasteiger partial charge in [-0.1, -0.05) is 12.1 Å². The van der Waals surface area contributed by atoms with Gasteiger partial charge in [-0.05, 0) is 19.1 Å². The molecule has 0 spiro atoms. The molecule has 5 nitrogen and oxygen atoms in total. The zero-order valence-corrected chi connectivity index (χ0v) is 10.2. The number of hydrogen-bond donors (Lipinski definition) is 1. The second-order valence-electron chi connectivity index (χ2n) is 4.56. The van der Waals surface area contributed by atoms with E-state index in [2.05, 4.69) is 10.3 Å². The highest BCUT2D eigenvalue weighted by Gasteiger charge is 2.24. The number of rotatable bonds is 3. The number of amides is 1. The lowest BCUT2D eigenvalue weighted by molar-refractivity contribution is -0.127. The van der Waals surface area contributed by atoms with Crippen molar-refractivity contribution in [2.45, 2.75) is 19.0 Å². The van der Waals surface area contributed by atoms with Crippen molar-refractivity contribution in [1.29, 1.82) is 0 Å². The molecule has 2 aromatic rings. The molecule has 1 aromatic heterocycles. The summed E-state index contributed by atoms with van der Waals surface area (Å²) < 4.78 is 6.94. The fraction of sp³-hybridized carbons (Fsp3) is 0.385. The Labute approximate surface area is 105 Å². The fourth-order valence-electron chi connectivity index (χ4n) is 2.05. The average molecular weight is 245 g/mol. The Hall–Kier alpha value is -1.88. The van der Waals surface area contributed by atoms with E-state index in [0.717, 1.165) is 11.0 Å². The van der Waals surface area contributed by atoms with Gasteiger partial charge in [0.05, 0.1) is 36.6 Å². The summed E-state index contributed by atoms with van der Waals surface area (Å²) in [5.41, 5.74) is 1.88. The van der Waals surface area contributed by atoms with E-state index in [1.807, 2.05) is 35.8 Å². The number of carbonyl (C=O) groups is 1. The third-order valence-electron chi connectivity index (χ3n) is 3.26. The molecule has 1 aliphatic heterocycles. The van der Waals surface area contributed by atoms with Crippen molar-refractivity contribution in [2.24, 2.45) is 0 Å². The van der Waals surface area contributed by atoms with Crippen LogP contribution in [0.3, 0.4) is 0 Å². The maximum atomic E-state index is 12.1. The van der Waals surface area contributed by atoms with Crippen LogP contribution in [-0.2, 0) is 9.53 Å². The minimum Gasteiger partial charge on any atom is -0.377 e. The Balaban J connectivity index is 1.82. The van der Waals surface area contributed by atoms with Crippen molar-refractivity contribution in [3.05, 3.63) is 30.6 Å². The van der Waals surface area contributed by atoms with Crippen molar-refractivity contribution in [1.82, 2.24) is 14.9 Å². The predicted molar refractivity (Wildman–Crippen MR) is 67.2 cm³/mol. The topological polar surface area (TPSA) is 56.1 Å². The minimum absolute atomic E-state index is 0.00598. The highest BCUT2D eigenvalue weighted by Crippen LogP contribution is 2.17. The molecule has 94 valence electrons. The maximum absolute atomic E-state index is 12.1. The molecular weight excluding hydrogens is 230 g/mol. The molecule has 0 saturated carbocycles. The summed E-state index contributed by atoms with van der Waals surface area (Å²) in [6.07, 6.45) is 1.71. The van der Waals surface area contributed by atoms with Crippen LogP contribution in [-0.4, -0.2) is 34.7 Å². The highest BCUT2D eigenvalue weighted by atomic mass is 16.5. The molecule has 18 heavy (non-hydrogen) atoms. The summed E-state index contributed by atoms with van der Waals surface area (Å²) >= 11 is 0. The monoisotopic (exact) mass is 245 g/mol. The molecule has 3 rings (SSSR count).